The molecule has 0 spiro atoms. The predicted molar refractivity (Wildman–Crippen MR) is 72.0 cm³/mol. The van der Waals surface area contributed by atoms with E-state index >= 15 is 0 Å². The summed E-state index contributed by atoms with van der Waals surface area (Å²) < 4.78 is 5.32. The van der Waals surface area contributed by atoms with E-state index in [1.54, 1.807) is 27.7 Å². The molecule has 5 nitrogen and oxygen atoms in total. The molecule has 1 amide bonds. The highest BCUT2D eigenvalue weighted by Gasteiger charge is 2.53. The molecule has 1 aliphatic heterocycles. The lowest BCUT2D eigenvalue weighted by molar-refractivity contribution is -0.150. The Balaban J connectivity index is 2.95. The van der Waals surface area contributed by atoms with Crippen molar-refractivity contribution in [3.05, 3.63) is 0 Å². The number of aliphatic carboxylic acids is 1. The van der Waals surface area contributed by atoms with E-state index in [0.717, 1.165) is 19.3 Å². The first-order valence-corrected chi connectivity index (χ1v) is 6.87. The van der Waals surface area contributed by atoms with Gasteiger partial charge in [-0.2, -0.15) is 0 Å². The van der Waals surface area contributed by atoms with Crippen molar-refractivity contribution in [2.24, 2.45) is 5.92 Å². The van der Waals surface area contributed by atoms with Gasteiger partial charge in [0.15, 0.2) is 0 Å². The van der Waals surface area contributed by atoms with Crippen molar-refractivity contribution in [2.45, 2.75) is 65.0 Å². The van der Waals surface area contributed by atoms with Crippen LogP contribution in [0.5, 0.6) is 0 Å². The van der Waals surface area contributed by atoms with E-state index in [0.29, 0.717) is 6.54 Å². The molecule has 110 valence electrons. The van der Waals surface area contributed by atoms with Gasteiger partial charge in [0.1, 0.15) is 11.1 Å². The molecule has 0 saturated carbocycles. The standard InChI is InChI=1S/C14H25NO4/c1-6-7-10-8-9-15(14(10,5)11(16)17)12(18)19-13(2,3)4/h10H,6-9H2,1-5H3,(H,16,17)/t10?,14-/m0/s1. The highest BCUT2D eigenvalue weighted by Crippen LogP contribution is 2.38. The van der Waals surface area contributed by atoms with E-state index in [9.17, 15) is 14.7 Å². The van der Waals surface area contributed by atoms with Crippen molar-refractivity contribution >= 4 is 12.1 Å². The lowest BCUT2D eigenvalue weighted by atomic mass is 9.83. The molecule has 0 aromatic carbocycles. The first-order chi connectivity index (χ1) is 8.63. The van der Waals surface area contributed by atoms with Crippen LogP contribution in [0.3, 0.4) is 0 Å². The second kappa shape index (κ2) is 5.39. The highest BCUT2D eigenvalue weighted by molar-refractivity contribution is 5.85. The van der Waals surface area contributed by atoms with Crippen LogP contribution in [0.15, 0.2) is 0 Å². The van der Waals surface area contributed by atoms with Crippen LogP contribution in [-0.2, 0) is 9.53 Å². The van der Waals surface area contributed by atoms with Crippen molar-refractivity contribution in [2.75, 3.05) is 6.54 Å². The van der Waals surface area contributed by atoms with Crippen molar-refractivity contribution < 1.29 is 19.4 Å². The van der Waals surface area contributed by atoms with Gasteiger partial charge in [0.05, 0.1) is 0 Å². The Morgan fingerprint density at radius 2 is 2.00 bits per heavy atom. The molecular formula is C14H25NO4. The fraction of sp³-hybridized carbons (Fsp3) is 0.857. The Kier molecular flexibility index (Phi) is 4.48. The molecule has 1 N–H and O–H groups in total. The van der Waals surface area contributed by atoms with Crippen LogP contribution in [0.1, 0.15) is 53.9 Å². The van der Waals surface area contributed by atoms with Gasteiger partial charge in [-0.3, -0.25) is 4.90 Å². The molecule has 1 fully saturated rings. The molecule has 1 heterocycles. The van der Waals surface area contributed by atoms with Crippen LogP contribution in [-0.4, -0.2) is 39.8 Å². The Labute approximate surface area is 114 Å². The fourth-order valence-corrected chi connectivity index (χ4v) is 2.68. The van der Waals surface area contributed by atoms with Gasteiger partial charge in [-0.15, -0.1) is 0 Å². The molecule has 19 heavy (non-hydrogen) atoms. The summed E-state index contributed by atoms with van der Waals surface area (Å²) >= 11 is 0. The van der Waals surface area contributed by atoms with Crippen molar-refractivity contribution in [1.82, 2.24) is 4.90 Å². The topological polar surface area (TPSA) is 66.8 Å². The van der Waals surface area contributed by atoms with Gasteiger partial charge in [-0.1, -0.05) is 13.3 Å². The summed E-state index contributed by atoms with van der Waals surface area (Å²) in [4.78, 5) is 25.2. The third-order valence-corrected chi connectivity index (χ3v) is 3.74. The lowest BCUT2D eigenvalue weighted by Gasteiger charge is -2.36. The van der Waals surface area contributed by atoms with Gasteiger partial charge in [-0.05, 0) is 46.5 Å². The molecule has 0 aliphatic carbocycles. The van der Waals surface area contributed by atoms with Crippen LogP contribution in [0, 0.1) is 5.92 Å². The van der Waals surface area contributed by atoms with E-state index in [1.807, 2.05) is 6.92 Å². The summed E-state index contributed by atoms with van der Waals surface area (Å²) in [5.41, 5.74) is -1.77. The molecular weight excluding hydrogens is 246 g/mol. The quantitative estimate of drug-likeness (QED) is 0.857. The Morgan fingerprint density at radius 3 is 2.42 bits per heavy atom. The molecule has 1 unspecified atom stereocenters. The first kappa shape index (κ1) is 15.8. The third-order valence-electron chi connectivity index (χ3n) is 3.74. The van der Waals surface area contributed by atoms with Gasteiger partial charge in [0, 0.05) is 6.54 Å². The molecule has 0 aromatic rings. The summed E-state index contributed by atoms with van der Waals surface area (Å²) in [6.07, 6.45) is 1.91. The molecule has 0 aromatic heterocycles. The number of ether oxygens (including phenoxy) is 1. The van der Waals surface area contributed by atoms with Gasteiger partial charge >= 0.3 is 12.1 Å². The average molecular weight is 271 g/mol. The minimum atomic E-state index is -1.15. The molecule has 1 saturated heterocycles. The predicted octanol–water partition coefficient (Wildman–Crippen LogP) is 2.89. The largest absolute Gasteiger partial charge is 0.479 e. The van der Waals surface area contributed by atoms with Crippen LogP contribution in [0.25, 0.3) is 0 Å². The van der Waals surface area contributed by atoms with Gasteiger partial charge in [0.2, 0.25) is 0 Å². The normalized spacial score (nSPS) is 27.4. The Bertz CT molecular complexity index is 361. The zero-order valence-corrected chi connectivity index (χ0v) is 12.5. The SMILES string of the molecule is CCCC1CCN(C(=O)OC(C)(C)C)[C@]1(C)C(=O)O. The number of rotatable bonds is 3. The van der Waals surface area contributed by atoms with Crippen LogP contribution in [0.2, 0.25) is 0 Å². The van der Waals surface area contributed by atoms with E-state index in [4.69, 9.17) is 4.74 Å². The van der Waals surface area contributed by atoms with Crippen LogP contribution < -0.4 is 0 Å². The summed E-state index contributed by atoms with van der Waals surface area (Å²) in [6.45, 7) is 9.45. The lowest BCUT2D eigenvalue weighted by Crippen LogP contribution is -2.55. The van der Waals surface area contributed by atoms with Gasteiger partial charge in [-0.25, -0.2) is 9.59 Å². The van der Waals surface area contributed by atoms with Crippen molar-refractivity contribution in [3.63, 3.8) is 0 Å². The molecule has 1 aliphatic rings. The summed E-state index contributed by atoms with van der Waals surface area (Å²) in [7, 11) is 0. The minimum absolute atomic E-state index is 0.0116. The first-order valence-electron chi connectivity index (χ1n) is 6.87. The summed E-state index contributed by atoms with van der Waals surface area (Å²) in [5, 5.41) is 9.54. The zero-order valence-electron chi connectivity index (χ0n) is 12.5. The average Bonchev–Trinajstić information content (AvgIpc) is 2.56. The molecule has 2 atom stereocenters. The van der Waals surface area contributed by atoms with E-state index in [1.165, 1.54) is 4.90 Å². The van der Waals surface area contributed by atoms with Crippen LogP contribution >= 0.6 is 0 Å². The maximum atomic E-state index is 12.2. The van der Waals surface area contributed by atoms with E-state index in [2.05, 4.69) is 0 Å². The third kappa shape index (κ3) is 3.19. The summed E-state index contributed by atoms with van der Waals surface area (Å²) in [5.74, 6) is -0.961. The number of likely N-dealkylation sites (tertiary alicyclic amines) is 1. The smallest absolute Gasteiger partial charge is 0.411 e. The number of carbonyl (C=O) groups is 2. The number of nitrogens with zero attached hydrogens (tertiary/aromatic N) is 1. The highest BCUT2D eigenvalue weighted by atomic mass is 16.6. The minimum Gasteiger partial charge on any atom is -0.479 e. The molecule has 0 radical (unpaired) electrons. The fourth-order valence-electron chi connectivity index (χ4n) is 2.68. The van der Waals surface area contributed by atoms with Crippen molar-refractivity contribution in [1.29, 1.82) is 0 Å². The van der Waals surface area contributed by atoms with E-state index in [-0.39, 0.29) is 5.92 Å². The number of carboxylic acid groups (broad SMARTS) is 1. The number of carbonyl (C=O) groups excluding carboxylic acids is 1. The molecule has 1 rings (SSSR count). The van der Waals surface area contributed by atoms with E-state index < -0.39 is 23.2 Å². The number of carboxylic acids is 1. The molecule has 5 heteroatoms. The number of hydrogen-bond acceptors (Lipinski definition) is 3. The van der Waals surface area contributed by atoms with Gasteiger partial charge in [0.25, 0.3) is 0 Å². The van der Waals surface area contributed by atoms with Crippen LogP contribution in [0.4, 0.5) is 4.79 Å². The Morgan fingerprint density at radius 1 is 1.42 bits per heavy atom. The number of amides is 1. The monoisotopic (exact) mass is 271 g/mol. The Hall–Kier alpha value is -1.26. The van der Waals surface area contributed by atoms with Crippen molar-refractivity contribution in [3.8, 4) is 0 Å². The maximum Gasteiger partial charge on any atom is 0.411 e. The zero-order chi connectivity index (χ0) is 14.8. The second-order valence-corrected chi connectivity index (χ2v) is 6.36. The number of hydrogen-bond donors (Lipinski definition) is 1. The second-order valence-electron chi connectivity index (χ2n) is 6.36. The summed E-state index contributed by atoms with van der Waals surface area (Å²) in [6, 6.07) is 0. The maximum absolute atomic E-state index is 12.2. The van der Waals surface area contributed by atoms with Gasteiger partial charge < -0.3 is 9.84 Å². The molecule has 0 bridgehead atoms.